The Morgan fingerprint density at radius 2 is 2.05 bits per heavy atom. The number of aliphatic hydroxyl groups excluding tert-OH is 1. The van der Waals surface area contributed by atoms with Crippen LogP contribution in [0.1, 0.15) is 38.5 Å². The number of aliphatic hydroxyl groups is 1. The second-order valence-corrected chi connectivity index (χ2v) is 5.20. The number of urea groups is 1. The Morgan fingerprint density at radius 3 is 2.62 bits per heavy atom. The Morgan fingerprint density at radius 1 is 1.33 bits per heavy atom. The molecule has 0 aliphatic carbocycles. The summed E-state index contributed by atoms with van der Waals surface area (Å²) in [6, 6.07) is -1.68. The van der Waals surface area contributed by atoms with E-state index in [-0.39, 0.29) is 25.5 Å². The van der Waals surface area contributed by atoms with E-state index in [1.54, 1.807) is 4.90 Å². The number of hydrogen-bond donors (Lipinski definition) is 4. The third kappa shape index (κ3) is 5.58. The monoisotopic (exact) mass is 301 g/mol. The second-order valence-electron chi connectivity index (χ2n) is 5.20. The van der Waals surface area contributed by atoms with Crippen molar-refractivity contribution in [3.63, 3.8) is 0 Å². The molecule has 0 aromatic heterocycles. The van der Waals surface area contributed by atoms with Gasteiger partial charge in [-0.25, -0.2) is 9.59 Å². The van der Waals surface area contributed by atoms with Gasteiger partial charge in [-0.1, -0.05) is 0 Å². The molecular formula is C13H23N3O5. The molecule has 0 saturated carbocycles. The lowest BCUT2D eigenvalue weighted by atomic mass is 10.00. The largest absolute Gasteiger partial charge is 0.480 e. The van der Waals surface area contributed by atoms with E-state index in [1.807, 2.05) is 0 Å². The van der Waals surface area contributed by atoms with Crippen molar-refractivity contribution in [1.29, 1.82) is 0 Å². The molecule has 1 aliphatic heterocycles. The predicted octanol–water partition coefficient (Wildman–Crippen LogP) is -0.348. The van der Waals surface area contributed by atoms with Crippen LogP contribution in [-0.4, -0.2) is 58.3 Å². The molecule has 5 N–H and O–H groups in total. The van der Waals surface area contributed by atoms with Crippen molar-refractivity contribution in [2.24, 2.45) is 5.73 Å². The second kappa shape index (κ2) is 8.46. The van der Waals surface area contributed by atoms with E-state index < -0.39 is 23.9 Å². The molecule has 21 heavy (non-hydrogen) atoms. The van der Waals surface area contributed by atoms with Crippen molar-refractivity contribution in [3.8, 4) is 0 Å². The zero-order valence-corrected chi connectivity index (χ0v) is 12.0. The fourth-order valence-corrected chi connectivity index (χ4v) is 2.49. The molecule has 0 radical (unpaired) electrons. The van der Waals surface area contributed by atoms with E-state index in [2.05, 4.69) is 5.32 Å². The van der Waals surface area contributed by atoms with E-state index >= 15 is 0 Å². The summed E-state index contributed by atoms with van der Waals surface area (Å²) in [5, 5.41) is 20.5. The first-order valence-electron chi connectivity index (χ1n) is 7.14. The maximum absolute atomic E-state index is 12.2. The average Bonchev–Trinajstić information content (AvgIpc) is 2.43. The Bertz CT molecular complexity index is 386. The van der Waals surface area contributed by atoms with E-state index in [0.29, 0.717) is 13.0 Å². The van der Waals surface area contributed by atoms with Gasteiger partial charge in [-0.3, -0.25) is 4.79 Å². The van der Waals surface area contributed by atoms with Crippen LogP contribution in [0.3, 0.4) is 0 Å². The normalized spacial score (nSPS) is 19.9. The first-order valence-corrected chi connectivity index (χ1v) is 7.14. The van der Waals surface area contributed by atoms with Gasteiger partial charge in [0.05, 0.1) is 0 Å². The summed E-state index contributed by atoms with van der Waals surface area (Å²) in [5.74, 6) is -1.80. The van der Waals surface area contributed by atoms with Crippen molar-refractivity contribution >= 4 is 17.9 Å². The quantitative estimate of drug-likeness (QED) is 0.510. The molecule has 0 bridgehead atoms. The number of primary amides is 1. The van der Waals surface area contributed by atoms with Crippen LogP contribution in [0, 0.1) is 0 Å². The number of amides is 3. The highest BCUT2D eigenvalue weighted by Crippen LogP contribution is 2.19. The number of nitrogens with two attached hydrogens (primary N) is 1. The zero-order chi connectivity index (χ0) is 15.8. The summed E-state index contributed by atoms with van der Waals surface area (Å²) in [5.41, 5.74) is 4.99. The number of nitrogens with one attached hydrogen (secondary N) is 1. The number of likely N-dealkylation sites (tertiary alicyclic amines) is 1. The molecule has 8 nitrogen and oxygen atoms in total. The minimum atomic E-state index is -1.19. The summed E-state index contributed by atoms with van der Waals surface area (Å²) in [6.07, 6.45) is 2.98. The maximum Gasteiger partial charge on any atom is 0.326 e. The van der Waals surface area contributed by atoms with Crippen LogP contribution in [0.15, 0.2) is 0 Å². The number of carbonyl (C=O) groups excluding carboxylic acids is 2. The summed E-state index contributed by atoms with van der Waals surface area (Å²) >= 11 is 0. The van der Waals surface area contributed by atoms with Gasteiger partial charge in [0.15, 0.2) is 0 Å². The maximum atomic E-state index is 12.2. The van der Waals surface area contributed by atoms with E-state index in [4.69, 9.17) is 15.9 Å². The smallest absolute Gasteiger partial charge is 0.326 e. The third-order valence-electron chi connectivity index (χ3n) is 3.63. The zero-order valence-electron chi connectivity index (χ0n) is 12.0. The minimum absolute atomic E-state index is 0.0154. The number of hydrogen-bond acceptors (Lipinski definition) is 4. The van der Waals surface area contributed by atoms with Crippen LogP contribution in [0.25, 0.3) is 0 Å². The summed E-state index contributed by atoms with van der Waals surface area (Å²) < 4.78 is 0. The number of piperidine rings is 1. The standard InChI is InChI=1S/C13H23N3O5/c14-11(18)5-4-10(12(19)20)15-13(21)16-7-2-1-3-9(16)6-8-17/h9-10,17H,1-8H2,(H2,14,18)(H,15,21)(H,19,20)/t9?,10-/m1/s1. The molecule has 1 fully saturated rings. The lowest BCUT2D eigenvalue weighted by Gasteiger charge is -2.36. The van der Waals surface area contributed by atoms with E-state index in [9.17, 15) is 14.4 Å². The fourth-order valence-electron chi connectivity index (χ4n) is 2.49. The Kier molecular flexibility index (Phi) is 6.93. The van der Waals surface area contributed by atoms with Crippen molar-refractivity contribution in [1.82, 2.24) is 10.2 Å². The Labute approximate surface area is 123 Å². The fraction of sp³-hybridized carbons (Fsp3) is 0.769. The number of carboxylic acid groups (broad SMARTS) is 1. The highest BCUT2D eigenvalue weighted by molar-refractivity contribution is 5.83. The molecule has 0 spiro atoms. The molecule has 120 valence electrons. The van der Waals surface area contributed by atoms with Gasteiger partial charge in [0.25, 0.3) is 0 Å². The van der Waals surface area contributed by atoms with Gasteiger partial charge in [0.2, 0.25) is 5.91 Å². The number of nitrogens with zero attached hydrogens (tertiary/aromatic N) is 1. The Hall–Kier alpha value is -1.83. The van der Waals surface area contributed by atoms with Crippen LogP contribution in [0.5, 0.6) is 0 Å². The third-order valence-corrected chi connectivity index (χ3v) is 3.63. The predicted molar refractivity (Wildman–Crippen MR) is 74.4 cm³/mol. The summed E-state index contributed by atoms with van der Waals surface area (Å²) in [6.45, 7) is 0.525. The van der Waals surface area contributed by atoms with Gasteiger partial charge in [0, 0.05) is 25.6 Å². The first kappa shape index (κ1) is 17.2. The average molecular weight is 301 g/mol. The van der Waals surface area contributed by atoms with Gasteiger partial charge in [0.1, 0.15) is 6.04 Å². The van der Waals surface area contributed by atoms with Crippen molar-refractivity contribution in [2.75, 3.05) is 13.2 Å². The molecule has 1 unspecified atom stereocenters. The van der Waals surface area contributed by atoms with Crippen LogP contribution in [-0.2, 0) is 9.59 Å². The molecule has 0 aromatic carbocycles. The lowest BCUT2D eigenvalue weighted by molar-refractivity contribution is -0.139. The van der Waals surface area contributed by atoms with E-state index in [0.717, 1.165) is 19.3 Å². The molecule has 2 atom stereocenters. The van der Waals surface area contributed by atoms with Crippen LogP contribution >= 0.6 is 0 Å². The van der Waals surface area contributed by atoms with Gasteiger partial charge >= 0.3 is 12.0 Å². The highest BCUT2D eigenvalue weighted by atomic mass is 16.4. The van der Waals surface area contributed by atoms with Crippen molar-refractivity contribution < 1.29 is 24.6 Å². The van der Waals surface area contributed by atoms with Crippen molar-refractivity contribution in [3.05, 3.63) is 0 Å². The number of carboxylic acids is 1. The highest BCUT2D eigenvalue weighted by Gasteiger charge is 2.29. The first-order chi connectivity index (χ1) is 9.95. The van der Waals surface area contributed by atoms with Gasteiger partial charge in [-0.05, 0) is 32.1 Å². The van der Waals surface area contributed by atoms with Gasteiger partial charge in [-0.2, -0.15) is 0 Å². The molecule has 1 saturated heterocycles. The molecule has 3 amide bonds. The molecule has 1 heterocycles. The lowest BCUT2D eigenvalue weighted by Crippen LogP contribution is -2.53. The van der Waals surface area contributed by atoms with Crippen molar-refractivity contribution in [2.45, 2.75) is 50.6 Å². The topological polar surface area (TPSA) is 133 Å². The van der Waals surface area contributed by atoms with Crippen LogP contribution in [0.2, 0.25) is 0 Å². The van der Waals surface area contributed by atoms with E-state index in [1.165, 1.54) is 0 Å². The minimum Gasteiger partial charge on any atom is -0.480 e. The molecule has 1 rings (SSSR count). The Balaban J connectivity index is 2.61. The molecule has 8 heteroatoms. The SMILES string of the molecule is NC(=O)CC[C@@H](NC(=O)N1CCCCC1CCO)C(=O)O. The van der Waals surface area contributed by atoms with Crippen LogP contribution in [0.4, 0.5) is 4.79 Å². The number of carbonyl (C=O) groups is 3. The van der Waals surface area contributed by atoms with Crippen LogP contribution < -0.4 is 11.1 Å². The molecular weight excluding hydrogens is 278 g/mol. The van der Waals surface area contributed by atoms with Gasteiger partial charge < -0.3 is 26.2 Å². The molecule has 0 aromatic rings. The number of aliphatic carboxylic acids is 1. The van der Waals surface area contributed by atoms with Gasteiger partial charge in [-0.15, -0.1) is 0 Å². The number of rotatable bonds is 7. The molecule has 1 aliphatic rings. The summed E-state index contributed by atoms with van der Waals surface area (Å²) in [4.78, 5) is 35.6. The summed E-state index contributed by atoms with van der Waals surface area (Å²) in [7, 11) is 0.